The fourth-order valence-corrected chi connectivity index (χ4v) is 3.76. The number of nitrogens with one attached hydrogen (secondary N) is 1. The van der Waals surface area contributed by atoms with Crippen molar-refractivity contribution in [3.05, 3.63) is 35.4 Å². The normalized spacial score (nSPS) is 20.0. The number of nitrogens with zero attached hydrogens (tertiary/aromatic N) is 2. The number of piperidine rings is 1. The molecular formula is C19H31Cl2N3O2. The van der Waals surface area contributed by atoms with Crippen LogP contribution in [0.5, 0.6) is 0 Å². The molecule has 0 aromatic heterocycles. The molecule has 2 heterocycles. The first kappa shape index (κ1) is 23.2. The molecule has 0 atom stereocenters. The van der Waals surface area contributed by atoms with Crippen LogP contribution in [-0.2, 0) is 16.1 Å². The standard InChI is InChI=1S/C19H29N3O2.2ClH/c1-16-5-3-4-6-17(16)15-21-11-13-22(14-12-21)18(23)19(24-2)7-9-20-10-8-19;;/h3-6,20H,7-15H2,1-2H3;2*1H. The van der Waals surface area contributed by atoms with E-state index in [0.717, 1.165) is 58.7 Å². The van der Waals surface area contributed by atoms with Gasteiger partial charge in [-0.3, -0.25) is 9.69 Å². The molecule has 0 radical (unpaired) electrons. The largest absolute Gasteiger partial charge is 0.368 e. The van der Waals surface area contributed by atoms with Gasteiger partial charge in [0, 0.05) is 39.8 Å². The molecular weight excluding hydrogens is 373 g/mol. The zero-order valence-corrected chi connectivity index (χ0v) is 17.3. The summed E-state index contributed by atoms with van der Waals surface area (Å²) < 4.78 is 5.69. The lowest BCUT2D eigenvalue weighted by atomic mass is 9.90. The molecule has 2 aliphatic heterocycles. The van der Waals surface area contributed by atoms with E-state index in [4.69, 9.17) is 4.74 Å². The smallest absolute Gasteiger partial charge is 0.254 e. The quantitative estimate of drug-likeness (QED) is 0.836. The summed E-state index contributed by atoms with van der Waals surface area (Å²) in [6, 6.07) is 8.54. The number of benzene rings is 1. The SMILES string of the molecule is COC1(C(=O)N2CCN(Cc3ccccc3C)CC2)CCNCC1.Cl.Cl. The highest BCUT2D eigenvalue weighted by Crippen LogP contribution is 2.26. The Morgan fingerprint density at radius 1 is 1.12 bits per heavy atom. The third-order valence-electron chi connectivity index (χ3n) is 5.51. The molecule has 5 nitrogen and oxygen atoms in total. The van der Waals surface area contributed by atoms with Crippen LogP contribution >= 0.6 is 24.8 Å². The van der Waals surface area contributed by atoms with E-state index in [1.54, 1.807) is 7.11 Å². The van der Waals surface area contributed by atoms with E-state index >= 15 is 0 Å². The number of methoxy groups -OCH3 is 1. The van der Waals surface area contributed by atoms with Crippen molar-refractivity contribution in [1.29, 1.82) is 0 Å². The summed E-state index contributed by atoms with van der Waals surface area (Å²) in [6.45, 7) is 8.28. The zero-order chi connectivity index (χ0) is 17.0. The Hall–Kier alpha value is -0.850. The van der Waals surface area contributed by atoms with Crippen LogP contribution in [0.1, 0.15) is 24.0 Å². The van der Waals surface area contributed by atoms with Gasteiger partial charge in [0.05, 0.1) is 0 Å². The van der Waals surface area contributed by atoms with Gasteiger partial charge in [-0.05, 0) is 44.0 Å². The van der Waals surface area contributed by atoms with Gasteiger partial charge in [0.25, 0.3) is 5.91 Å². The minimum Gasteiger partial charge on any atom is -0.368 e. The number of rotatable bonds is 4. The maximum atomic E-state index is 13.0. The second kappa shape index (κ2) is 10.5. The van der Waals surface area contributed by atoms with Gasteiger partial charge >= 0.3 is 0 Å². The van der Waals surface area contributed by atoms with Crippen molar-refractivity contribution in [3.8, 4) is 0 Å². The monoisotopic (exact) mass is 403 g/mol. The number of ether oxygens (including phenoxy) is 1. The lowest BCUT2D eigenvalue weighted by molar-refractivity contribution is -0.160. The van der Waals surface area contributed by atoms with Gasteiger partial charge in [-0.2, -0.15) is 0 Å². The van der Waals surface area contributed by atoms with Crippen molar-refractivity contribution in [2.24, 2.45) is 0 Å². The van der Waals surface area contributed by atoms with Crippen molar-refractivity contribution in [3.63, 3.8) is 0 Å². The summed E-state index contributed by atoms with van der Waals surface area (Å²) in [5.74, 6) is 0.182. The summed E-state index contributed by atoms with van der Waals surface area (Å²) in [5.41, 5.74) is 2.11. The second-order valence-corrected chi connectivity index (χ2v) is 6.94. The Kier molecular flexibility index (Phi) is 9.34. The minimum absolute atomic E-state index is 0. The Labute approximate surface area is 169 Å². The minimum atomic E-state index is -0.608. The van der Waals surface area contributed by atoms with E-state index in [2.05, 4.69) is 41.4 Å². The number of piperazine rings is 1. The van der Waals surface area contributed by atoms with Crippen LogP contribution in [0.25, 0.3) is 0 Å². The molecule has 0 spiro atoms. The average molecular weight is 404 g/mol. The Morgan fingerprint density at radius 3 is 2.31 bits per heavy atom. The van der Waals surface area contributed by atoms with Crippen molar-refractivity contribution < 1.29 is 9.53 Å². The van der Waals surface area contributed by atoms with Gasteiger partial charge in [0.2, 0.25) is 0 Å². The molecule has 0 unspecified atom stereocenters. The molecule has 2 aliphatic rings. The maximum absolute atomic E-state index is 13.0. The van der Waals surface area contributed by atoms with Crippen LogP contribution in [0.15, 0.2) is 24.3 Å². The molecule has 2 fully saturated rings. The van der Waals surface area contributed by atoms with Crippen LogP contribution in [-0.4, -0.2) is 67.7 Å². The molecule has 7 heteroatoms. The third kappa shape index (κ3) is 5.11. The molecule has 1 aromatic carbocycles. The lowest BCUT2D eigenvalue weighted by Gasteiger charge is -2.42. The fraction of sp³-hybridized carbons (Fsp3) is 0.632. The summed E-state index contributed by atoms with van der Waals surface area (Å²) in [6.07, 6.45) is 1.54. The molecule has 1 aromatic rings. The van der Waals surface area contributed by atoms with Crippen molar-refractivity contribution in [1.82, 2.24) is 15.1 Å². The number of halogens is 2. The number of hydrogen-bond donors (Lipinski definition) is 1. The predicted octanol–water partition coefficient (Wildman–Crippen LogP) is 2.25. The highest BCUT2D eigenvalue weighted by molar-refractivity contribution is 5.86. The summed E-state index contributed by atoms with van der Waals surface area (Å²) in [5, 5.41) is 3.31. The highest BCUT2D eigenvalue weighted by atomic mass is 35.5. The number of carbonyl (C=O) groups is 1. The number of amides is 1. The first-order chi connectivity index (χ1) is 11.6. The molecule has 0 bridgehead atoms. The first-order valence-electron chi connectivity index (χ1n) is 8.97. The third-order valence-corrected chi connectivity index (χ3v) is 5.51. The molecule has 3 rings (SSSR count). The maximum Gasteiger partial charge on any atom is 0.254 e. The summed E-state index contributed by atoms with van der Waals surface area (Å²) in [7, 11) is 1.68. The molecule has 2 saturated heterocycles. The van der Waals surface area contributed by atoms with Crippen LogP contribution in [0, 0.1) is 6.92 Å². The van der Waals surface area contributed by atoms with Crippen molar-refractivity contribution in [2.45, 2.75) is 31.9 Å². The van der Waals surface area contributed by atoms with Gasteiger partial charge in [0.1, 0.15) is 5.60 Å². The van der Waals surface area contributed by atoms with E-state index < -0.39 is 5.60 Å². The number of aryl methyl sites for hydroxylation is 1. The van der Waals surface area contributed by atoms with E-state index in [1.165, 1.54) is 11.1 Å². The van der Waals surface area contributed by atoms with E-state index in [1.807, 2.05) is 4.90 Å². The molecule has 1 N–H and O–H groups in total. The zero-order valence-electron chi connectivity index (χ0n) is 15.7. The van der Waals surface area contributed by atoms with Gasteiger partial charge in [-0.15, -0.1) is 24.8 Å². The van der Waals surface area contributed by atoms with E-state index in [-0.39, 0.29) is 30.7 Å². The molecule has 1 amide bonds. The van der Waals surface area contributed by atoms with Crippen LogP contribution in [0.2, 0.25) is 0 Å². The Balaban J connectivity index is 0.00000169. The summed E-state index contributed by atoms with van der Waals surface area (Å²) >= 11 is 0. The number of carbonyl (C=O) groups excluding carboxylic acids is 1. The van der Waals surface area contributed by atoms with Gasteiger partial charge in [-0.25, -0.2) is 0 Å². The molecule has 26 heavy (non-hydrogen) atoms. The van der Waals surface area contributed by atoms with Gasteiger partial charge in [0.15, 0.2) is 0 Å². The van der Waals surface area contributed by atoms with Gasteiger partial charge < -0.3 is 15.0 Å². The average Bonchev–Trinajstić information content (AvgIpc) is 2.64. The van der Waals surface area contributed by atoms with Gasteiger partial charge in [-0.1, -0.05) is 24.3 Å². The van der Waals surface area contributed by atoms with Crippen LogP contribution < -0.4 is 5.32 Å². The fourth-order valence-electron chi connectivity index (χ4n) is 3.76. The van der Waals surface area contributed by atoms with Crippen LogP contribution in [0.4, 0.5) is 0 Å². The lowest BCUT2D eigenvalue weighted by Crippen LogP contribution is -2.59. The van der Waals surface area contributed by atoms with Crippen molar-refractivity contribution in [2.75, 3.05) is 46.4 Å². The predicted molar refractivity (Wildman–Crippen MR) is 109 cm³/mol. The topological polar surface area (TPSA) is 44.8 Å². The first-order valence-corrected chi connectivity index (χ1v) is 8.97. The number of hydrogen-bond acceptors (Lipinski definition) is 4. The second-order valence-electron chi connectivity index (χ2n) is 6.94. The van der Waals surface area contributed by atoms with Crippen LogP contribution in [0.3, 0.4) is 0 Å². The van der Waals surface area contributed by atoms with E-state index in [9.17, 15) is 4.79 Å². The Bertz CT molecular complexity index is 572. The summed E-state index contributed by atoms with van der Waals surface area (Å²) in [4.78, 5) is 17.4. The Morgan fingerprint density at radius 2 is 1.73 bits per heavy atom. The molecule has 0 aliphatic carbocycles. The van der Waals surface area contributed by atoms with Crippen molar-refractivity contribution >= 4 is 30.7 Å². The molecule has 148 valence electrons. The highest BCUT2D eigenvalue weighted by Gasteiger charge is 2.42. The molecule has 0 saturated carbocycles. The van der Waals surface area contributed by atoms with E-state index in [0.29, 0.717) is 0 Å².